The summed E-state index contributed by atoms with van der Waals surface area (Å²) in [7, 11) is -4.02. The Balaban J connectivity index is 1.60. The van der Waals surface area contributed by atoms with Crippen molar-refractivity contribution in [1.29, 1.82) is 0 Å². The van der Waals surface area contributed by atoms with Gasteiger partial charge in [0.05, 0.1) is 17.5 Å². The highest BCUT2D eigenvalue weighted by molar-refractivity contribution is 7.91. The van der Waals surface area contributed by atoms with Gasteiger partial charge in [0.25, 0.3) is 5.56 Å². The number of carbonyl (C=O) groups is 1. The number of aliphatic imine (C=N–C) groups is 1. The third-order valence-corrected chi connectivity index (χ3v) is 9.95. The summed E-state index contributed by atoms with van der Waals surface area (Å²) in [6.07, 6.45) is 0.668. The van der Waals surface area contributed by atoms with Crippen molar-refractivity contribution in [2.75, 3.05) is 4.72 Å². The maximum atomic E-state index is 13.7. The lowest BCUT2D eigenvalue weighted by Gasteiger charge is -2.47. The molecular weight excluding hydrogens is 635 g/mol. The smallest absolute Gasteiger partial charge is 0.273 e. The number of amidine groups is 1. The lowest BCUT2D eigenvalue weighted by atomic mass is 9.74. The molecule has 3 N–H and O–H groups in total. The fourth-order valence-corrected chi connectivity index (χ4v) is 7.72. The Morgan fingerprint density at radius 1 is 0.857 bits per heavy atom. The van der Waals surface area contributed by atoms with Crippen molar-refractivity contribution in [2.45, 2.75) is 37.7 Å². The first-order valence-electron chi connectivity index (χ1n) is 15.9. The maximum absolute atomic E-state index is 13.7. The summed E-state index contributed by atoms with van der Waals surface area (Å²) >= 11 is 0. The lowest BCUT2D eigenvalue weighted by molar-refractivity contribution is -0.109. The summed E-state index contributed by atoms with van der Waals surface area (Å²) in [4.78, 5) is 34.6. The van der Waals surface area contributed by atoms with E-state index in [1.807, 2.05) is 97.9 Å². The fraction of sp³-hybridized carbons (Fsp3) is 0.154. The molecule has 0 radical (unpaired) electrons. The van der Waals surface area contributed by atoms with E-state index in [4.69, 9.17) is 4.99 Å². The second-order valence-electron chi connectivity index (χ2n) is 12.0. The van der Waals surface area contributed by atoms with Crippen molar-refractivity contribution < 1.29 is 13.2 Å². The first-order valence-corrected chi connectivity index (χ1v) is 17.5. The number of pyridine rings is 1. The number of aromatic amines is 1. The number of hydrogen-bond donors (Lipinski definition) is 3. The summed E-state index contributed by atoms with van der Waals surface area (Å²) in [5, 5.41) is 2.72. The minimum absolute atomic E-state index is 0.127. The highest BCUT2D eigenvalue weighted by Crippen LogP contribution is 2.47. The second-order valence-corrected chi connectivity index (χ2v) is 13.8. The van der Waals surface area contributed by atoms with E-state index in [1.54, 1.807) is 37.3 Å². The quantitative estimate of drug-likeness (QED) is 0.114. The zero-order chi connectivity index (χ0) is 34.6. The molecule has 0 bridgehead atoms. The molecule has 1 amide bonds. The molecule has 6 rings (SSSR count). The number of amides is 1. The van der Waals surface area contributed by atoms with E-state index in [0.29, 0.717) is 41.3 Å². The van der Waals surface area contributed by atoms with Gasteiger partial charge in [0, 0.05) is 17.8 Å². The van der Waals surface area contributed by atoms with Crippen molar-refractivity contribution in [3.05, 3.63) is 183 Å². The minimum Gasteiger partial charge on any atom is -0.355 e. The number of aromatic nitrogens is 1. The highest BCUT2D eigenvalue weighted by atomic mass is 32.2. The molecule has 0 spiro atoms. The van der Waals surface area contributed by atoms with Gasteiger partial charge in [0.1, 0.15) is 17.1 Å². The van der Waals surface area contributed by atoms with Crippen molar-refractivity contribution in [1.82, 2.24) is 15.2 Å². The molecule has 248 valence electrons. The first-order chi connectivity index (χ1) is 23.6. The van der Waals surface area contributed by atoms with E-state index >= 15 is 0 Å². The molecule has 4 aromatic carbocycles. The van der Waals surface area contributed by atoms with Gasteiger partial charge in [-0.2, -0.15) is 0 Å². The Hall–Kier alpha value is -5.74. The van der Waals surface area contributed by atoms with Crippen LogP contribution in [0.1, 0.15) is 46.0 Å². The van der Waals surface area contributed by atoms with Crippen LogP contribution in [0.25, 0.3) is 0 Å². The Morgan fingerprint density at radius 3 is 1.98 bits per heavy atom. The number of aryl methyl sites for hydroxylation is 1. The van der Waals surface area contributed by atoms with E-state index in [0.717, 1.165) is 22.3 Å². The molecule has 0 saturated heterocycles. The maximum Gasteiger partial charge on any atom is 0.273 e. The largest absolute Gasteiger partial charge is 0.355 e. The molecule has 49 heavy (non-hydrogen) atoms. The molecular formula is C39H37N5O4S. The van der Waals surface area contributed by atoms with E-state index in [1.165, 1.54) is 0 Å². The van der Waals surface area contributed by atoms with Crippen molar-refractivity contribution in [3.63, 3.8) is 0 Å². The average molecular weight is 672 g/mol. The molecule has 0 aliphatic carbocycles. The van der Waals surface area contributed by atoms with Gasteiger partial charge >= 0.3 is 0 Å². The molecule has 1 aliphatic rings. The van der Waals surface area contributed by atoms with E-state index < -0.39 is 21.1 Å². The van der Waals surface area contributed by atoms with Crippen LogP contribution in [0.5, 0.6) is 0 Å². The van der Waals surface area contributed by atoms with Crippen LogP contribution in [0, 0.1) is 6.92 Å². The van der Waals surface area contributed by atoms with Gasteiger partial charge < -0.3 is 15.2 Å². The Labute approximate surface area is 286 Å². The van der Waals surface area contributed by atoms with Crippen molar-refractivity contribution >= 4 is 28.0 Å². The van der Waals surface area contributed by atoms with Crippen LogP contribution in [0.15, 0.2) is 143 Å². The van der Waals surface area contributed by atoms with E-state index in [2.05, 4.69) is 26.5 Å². The van der Waals surface area contributed by atoms with Crippen LogP contribution < -0.4 is 15.6 Å². The third-order valence-electron chi connectivity index (χ3n) is 8.72. The number of anilines is 1. The fourth-order valence-electron chi connectivity index (χ4n) is 6.51. The molecule has 1 atom stereocenters. The predicted molar refractivity (Wildman–Crippen MR) is 194 cm³/mol. The number of rotatable bonds is 12. The summed E-state index contributed by atoms with van der Waals surface area (Å²) in [6, 6.07) is 38.2. The van der Waals surface area contributed by atoms with E-state index in [-0.39, 0.29) is 17.5 Å². The molecule has 1 aromatic heterocycles. The van der Waals surface area contributed by atoms with Crippen LogP contribution in [0.3, 0.4) is 0 Å². The van der Waals surface area contributed by atoms with Crippen LogP contribution in [0.2, 0.25) is 0 Å². The number of hydrogen-bond acceptors (Lipinski definition) is 6. The minimum atomic E-state index is -4.02. The van der Waals surface area contributed by atoms with E-state index in [9.17, 15) is 18.0 Å². The van der Waals surface area contributed by atoms with Gasteiger partial charge in [-0.15, -0.1) is 0 Å². The predicted octanol–water partition coefficient (Wildman–Crippen LogP) is 5.83. The molecule has 1 aliphatic heterocycles. The standard InChI is InChI=1S/C39H37N5O4S/c1-27-23-35(36(38(46)41-27)43-49(47,48)25-31-13-7-4-8-14-31)37-42-28(2)29(3)44(37)39(32-15-9-5-10-16-32,33-17-11-6-12-18-33)34-21-19-30(20-22-34)24-40-26-45/h4-23,26,29,43H,2,24-25H2,1,3H3,(H,40,45)(H,41,46). The number of nitrogens with zero attached hydrogens (tertiary/aromatic N) is 2. The van der Waals surface area contributed by atoms with Gasteiger partial charge in [0.2, 0.25) is 16.4 Å². The average Bonchev–Trinajstić information content (AvgIpc) is 3.40. The van der Waals surface area contributed by atoms with Gasteiger partial charge in [-0.25, -0.2) is 13.4 Å². The monoisotopic (exact) mass is 671 g/mol. The molecule has 10 heteroatoms. The van der Waals surface area contributed by atoms with Crippen LogP contribution in [-0.4, -0.2) is 36.6 Å². The molecule has 1 unspecified atom stereocenters. The third kappa shape index (κ3) is 6.55. The van der Waals surface area contributed by atoms with Crippen LogP contribution >= 0.6 is 0 Å². The normalized spacial score (nSPS) is 14.7. The number of benzene rings is 4. The SMILES string of the molecule is C=C1N=C(c2cc(C)[nH]c(=O)c2NS(=O)(=O)Cc2ccccc2)N(C(c2ccccc2)(c2ccccc2)c2ccc(CNC=O)cc2)C1C. The molecule has 0 fully saturated rings. The highest BCUT2D eigenvalue weighted by Gasteiger charge is 2.49. The number of sulfonamides is 1. The molecule has 5 aromatic rings. The van der Waals surface area contributed by atoms with Gasteiger partial charge in [-0.05, 0) is 47.7 Å². The lowest BCUT2D eigenvalue weighted by Crippen LogP contribution is -2.53. The van der Waals surface area contributed by atoms with Crippen LogP contribution in [-0.2, 0) is 32.7 Å². The Kier molecular flexibility index (Phi) is 9.33. The van der Waals surface area contributed by atoms with Gasteiger partial charge in [-0.1, -0.05) is 122 Å². The van der Waals surface area contributed by atoms with Gasteiger partial charge in [0.15, 0.2) is 0 Å². The molecule has 9 nitrogen and oxygen atoms in total. The zero-order valence-electron chi connectivity index (χ0n) is 27.3. The summed E-state index contributed by atoms with van der Waals surface area (Å²) in [6.45, 7) is 8.43. The topological polar surface area (TPSA) is 124 Å². The zero-order valence-corrected chi connectivity index (χ0v) is 28.1. The summed E-state index contributed by atoms with van der Waals surface area (Å²) in [5.74, 6) is 0.0758. The molecule has 0 saturated carbocycles. The van der Waals surface area contributed by atoms with Gasteiger partial charge in [-0.3, -0.25) is 14.3 Å². The molecule has 2 heterocycles. The van der Waals surface area contributed by atoms with Crippen molar-refractivity contribution in [3.8, 4) is 0 Å². The van der Waals surface area contributed by atoms with Crippen LogP contribution in [0.4, 0.5) is 5.69 Å². The Bertz CT molecular complexity index is 2130. The summed E-state index contributed by atoms with van der Waals surface area (Å²) in [5.41, 5.74) is 3.89. The second kappa shape index (κ2) is 13.8. The summed E-state index contributed by atoms with van der Waals surface area (Å²) < 4.78 is 29.8. The number of carbonyl (C=O) groups excluding carboxylic acids is 1. The first kappa shape index (κ1) is 33.2. The number of nitrogens with one attached hydrogen (secondary N) is 3. The Morgan fingerprint density at radius 2 is 1.41 bits per heavy atom. The van der Waals surface area contributed by atoms with Crippen molar-refractivity contribution in [2.24, 2.45) is 4.99 Å². The number of H-pyrrole nitrogens is 1.